The Labute approximate surface area is 141 Å². The zero-order valence-corrected chi connectivity index (χ0v) is 14.0. The molecule has 1 amide bonds. The van der Waals surface area contributed by atoms with Gasteiger partial charge in [-0.05, 0) is 30.2 Å². The molecule has 3 rings (SSSR count). The van der Waals surface area contributed by atoms with Crippen molar-refractivity contribution in [3.8, 4) is 0 Å². The molecule has 2 aromatic rings. The van der Waals surface area contributed by atoms with Gasteiger partial charge in [-0.25, -0.2) is 0 Å². The van der Waals surface area contributed by atoms with Crippen LogP contribution in [0.4, 0.5) is 0 Å². The molecule has 5 heteroatoms. The lowest BCUT2D eigenvalue weighted by Crippen LogP contribution is -2.46. The van der Waals surface area contributed by atoms with Gasteiger partial charge in [-0.15, -0.1) is 0 Å². The second-order valence-electron chi connectivity index (χ2n) is 5.95. The van der Waals surface area contributed by atoms with Crippen LogP contribution in [0.1, 0.15) is 47.9 Å². The van der Waals surface area contributed by atoms with Crippen molar-refractivity contribution in [3.05, 3.63) is 59.5 Å². The van der Waals surface area contributed by atoms with E-state index in [0.717, 1.165) is 18.4 Å². The summed E-state index contributed by atoms with van der Waals surface area (Å²) in [5.74, 6) is 0.138. The molecule has 0 saturated heterocycles. The number of ether oxygens (including phenoxy) is 1. The molecule has 126 valence electrons. The maximum Gasteiger partial charge on any atom is 0.308 e. The van der Waals surface area contributed by atoms with Crippen molar-refractivity contribution in [2.45, 2.75) is 31.7 Å². The maximum atomic E-state index is 13.0. The molecule has 1 aromatic carbocycles. The van der Waals surface area contributed by atoms with E-state index in [1.165, 1.54) is 7.11 Å². The number of carbonyl (C=O) groups excluding carboxylic acids is 2. The lowest BCUT2D eigenvalue weighted by molar-refractivity contribution is -0.143. The van der Waals surface area contributed by atoms with Crippen LogP contribution in [0.25, 0.3) is 0 Å². The van der Waals surface area contributed by atoms with E-state index in [2.05, 4.69) is 6.92 Å². The number of nitrogens with zero attached hydrogens (tertiary/aromatic N) is 1. The van der Waals surface area contributed by atoms with Gasteiger partial charge in [0.2, 0.25) is 0 Å². The molecule has 0 N–H and O–H groups in total. The molecule has 1 aliphatic rings. The lowest BCUT2D eigenvalue weighted by atomic mass is 9.83. The highest BCUT2D eigenvalue weighted by molar-refractivity contribution is 6.01. The first-order valence-electron chi connectivity index (χ1n) is 8.17. The summed E-state index contributed by atoms with van der Waals surface area (Å²) in [6.45, 7) is 2.63. The molecular weight excluding hydrogens is 306 g/mol. The van der Waals surface area contributed by atoms with E-state index in [1.54, 1.807) is 23.3 Å². The molecule has 5 nitrogen and oxygen atoms in total. The standard InChI is InChI=1S/C19H21NO4/c1-3-4-11-20-18(22)14-8-5-6-9-15(14)19(20,13-17(21)23-2)16-10-7-12-24-16/h5-10,12H,3-4,11,13H2,1-2H3. The first-order valence-corrected chi connectivity index (χ1v) is 8.17. The van der Waals surface area contributed by atoms with Crippen molar-refractivity contribution in [1.29, 1.82) is 0 Å². The van der Waals surface area contributed by atoms with Gasteiger partial charge in [0.25, 0.3) is 5.91 Å². The van der Waals surface area contributed by atoms with Gasteiger partial charge < -0.3 is 14.1 Å². The summed E-state index contributed by atoms with van der Waals surface area (Å²) in [4.78, 5) is 27.0. The predicted octanol–water partition coefficient (Wildman–Crippen LogP) is 3.34. The second kappa shape index (κ2) is 6.51. The Morgan fingerprint density at radius 1 is 1.25 bits per heavy atom. The quantitative estimate of drug-likeness (QED) is 0.764. The lowest BCUT2D eigenvalue weighted by Gasteiger charge is -2.37. The molecule has 0 bridgehead atoms. The van der Waals surface area contributed by atoms with Crippen molar-refractivity contribution >= 4 is 11.9 Å². The number of furan rings is 1. The first-order chi connectivity index (χ1) is 11.6. The third-order valence-corrected chi connectivity index (χ3v) is 4.60. The number of carbonyl (C=O) groups is 2. The highest BCUT2D eigenvalue weighted by Gasteiger charge is 2.53. The van der Waals surface area contributed by atoms with Gasteiger partial charge in [0, 0.05) is 12.1 Å². The number of hydrogen-bond donors (Lipinski definition) is 0. The summed E-state index contributed by atoms with van der Waals surface area (Å²) in [5.41, 5.74) is 0.472. The summed E-state index contributed by atoms with van der Waals surface area (Å²) in [7, 11) is 1.36. The van der Waals surface area contributed by atoms with Crippen LogP contribution < -0.4 is 0 Å². The maximum absolute atomic E-state index is 13.0. The molecule has 0 fully saturated rings. The minimum absolute atomic E-state index is 0.0312. The van der Waals surface area contributed by atoms with E-state index in [9.17, 15) is 9.59 Å². The van der Waals surface area contributed by atoms with E-state index in [4.69, 9.17) is 9.15 Å². The van der Waals surface area contributed by atoms with Crippen molar-refractivity contribution in [2.24, 2.45) is 0 Å². The van der Waals surface area contributed by atoms with E-state index in [-0.39, 0.29) is 18.3 Å². The highest BCUT2D eigenvalue weighted by atomic mass is 16.5. The third kappa shape index (κ3) is 2.40. The molecule has 1 aromatic heterocycles. The van der Waals surface area contributed by atoms with Crippen LogP contribution in [0, 0.1) is 0 Å². The molecular formula is C19H21NO4. The molecule has 0 radical (unpaired) electrons. The minimum atomic E-state index is -0.945. The van der Waals surface area contributed by atoms with Gasteiger partial charge in [0.15, 0.2) is 0 Å². The van der Waals surface area contributed by atoms with Crippen LogP contribution in [0.3, 0.4) is 0 Å². The Morgan fingerprint density at radius 3 is 2.71 bits per heavy atom. The van der Waals surface area contributed by atoms with E-state index in [0.29, 0.717) is 17.9 Å². The largest absolute Gasteiger partial charge is 0.469 e. The van der Waals surface area contributed by atoms with Crippen LogP contribution in [0.5, 0.6) is 0 Å². The van der Waals surface area contributed by atoms with E-state index in [1.807, 2.05) is 24.3 Å². The molecule has 0 aliphatic carbocycles. The fraction of sp³-hybridized carbons (Fsp3) is 0.368. The predicted molar refractivity (Wildman–Crippen MR) is 88.5 cm³/mol. The minimum Gasteiger partial charge on any atom is -0.469 e. The molecule has 0 spiro atoms. The third-order valence-electron chi connectivity index (χ3n) is 4.60. The fourth-order valence-electron chi connectivity index (χ4n) is 3.44. The average Bonchev–Trinajstić information content (AvgIpc) is 3.21. The molecule has 0 saturated carbocycles. The number of methoxy groups -OCH3 is 1. The fourth-order valence-corrected chi connectivity index (χ4v) is 3.44. The number of amides is 1. The summed E-state index contributed by atoms with van der Waals surface area (Å²) in [6.07, 6.45) is 3.40. The van der Waals surface area contributed by atoms with Gasteiger partial charge in [-0.2, -0.15) is 0 Å². The van der Waals surface area contributed by atoms with Crippen molar-refractivity contribution in [2.75, 3.05) is 13.7 Å². The SMILES string of the molecule is CCCCN1C(=O)c2ccccc2C1(CC(=O)OC)c1ccco1. The smallest absolute Gasteiger partial charge is 0.308 e. The second-order valence-corrected chi connectivity index (χ2v) is 5.95. The summed E-state index contributed by atoms with van der Waals surface area (Å²) in [6, 6.07) is 11.0. The van der Waals surface area contributed by atoms with Crippen molar-refractivity contribution in [1.82, 2.24) is 4.90 Å². The number of esters is 1. The summed E-state index contributed by atoms with van der Waals surface area (Å²) < 4.78 is 10.6. The Kier molecular flexibility index (Phi) is 4.42. The van der Waals surface area contributed by atoms with Gasteiger partial charge in [0.05, 0.1) is 19.8 Å². The molecule has 1 atom stereocenters. The zero-order valence-electron chi connectivity index (χ0n) is 14.0. The number of benzene rings is 1. The van der Waals surface area contributed by atoms with E-state index < -0.39 is 5.54 Å². The molecule has 2 heterocycles. The van der Waals surface area contributed by atoms with Gasteiger partial charge in [0.1, 0.15) is 11.3 Å². The van der Waals surface area contributed by atoms with Gasteiger partial charge >= 0.3 is 5.97 Å². The number of unbranched alkanes of at least 4 members (excludes halogenated alkanes) is 1. The number of rotatable bonds is 6. The van der Waals surface area contributed by atoms with Crippen LogP contribution in [0.2, 0.25) is 0 Å². The Balaban J connectivity index is 2.21. The highest BCUT2D eigenvalue weighted by Crippen LogP contribution is 2.47. The van der Waals surface area contributed by atoms with Gasteiger partial charge in [-0.1, -0.05) is 31.5 Å². The van der Waals surface area contributed by atoms with Crippen LogP contribution >= 0.6 is 0 Å². The Morgan fingerprint density at radius 2 is 2.04 bits per heavy atom. The van der Waals surface area contributed by atoms with Gasteiger partial charge in [-0.3, -0.25) is 9.59 Å². The summed E-state index contributed by atoms with van der Waals surface area (Å²) >= 11 is 0. The monoisotopic (exact) mass is 327 g/mol. The molecule has 1 unspecified atom stereocenters. The normalized spacial score (nSPS) is 19.4. The van der Waals surface area contributed by atoms with Crippen molar-refractivity contribution in [3.63, 3.8) is 0 Å². The number of fused-ring (bicyclic) bond motifs is 1. The van der Waals surface area contributed by atoms with Crippen molar-refractivity contribution < 1.29 is 18.7 Å². The first kappa shape index (κ1) is 16.3. The summed E-state index contributed by atoms with van der Waals surface area (Å²) in [5, 5.41) is 0. The molecule has 1 aliphatic heterocycles. The van der Waals surface area contributed by atoms with Crippen LogP contribution in [0.15, 0.2) is 47.1 Å². The Bertz CT molecular complexity index is 738. The molecule has 24 heavy (non-hydrogen) atoms. The average molecular weight is 327 g/mol. The number of hydrogen-bond acceptors (Lipinski definition) is 4. The topological polar surface area (TPSA) is 59.8 Å². The zero-order chi connectivity index (χ0) is 17.2. The van der Waals surface area contributed by atoms with Crippen LogP contribution in [-0.2, 0) is 15.1 Å². The van der Waals surface area contributed by atoms with Crippen LogP contribution in [-0.4, -0.2) is 30.4 Å². The Hall–Kier alpha value is -2.56. The van der Waals surface area contributed by atoms with E-state index >= 15 is 0 Å².